The highest BCUT2D eigenvalue weighted by Crippen LogP contribution is 2.27. The molecule has 0 bridgehead atoms. The Bertz CT molecular complexity index is 1090. The third-order valence-electron chi connectivity index (χ3n) is 6.85. The van der Waals surface area contributed by atoms with E-state index in [0.29, 0.717) is 19.6 Å². The maximum absolute atomic E-state index is 12.4. The number of carboxylic acids is 1. The maximum atomic E-state index is 12.4. The number of nitrogens with zero attached hydrogens (tertiary/aromatic N) is 3. The molecule has 2 aromatic rings. The Morgan fingerprint density at radius 3 is 2.80 bits per heavy atom. The second kappa shape index (κ2) is 10.7. The second-order valence-electron chi connectivity index (χ2n) is 9.34. The van der Waals surface area contributed by atoms with Crippen LogP contribution in [0.15, 0.2) is 53.5 Å². The summed E-state index contributed by atoms with van der Waals surface area (Å²) in [6.07, 6.45) is 3.59. The number of hydrogen-bond donors (Lipinski definition) is 3. The van der Waals surface area contributed by atoms with Crippen molar-refractivity contribution in [1.29, 1.82) is 0 Å². The molecule has 0 aromatic heterocycles. The zero-order valence-electron chi connectivity index (χ0n) is 19.6. The summed E-state index contributed by atoms with van der Waals surface area (Å²) in [4.78, 5) is 37.3. The van der Waals surface area contributed by atoms with Crippen LogP contribution in [0.5, 0.6) is 0 Å². The van der Waals surface area contributed by atoms with E-state index in [4.69, 9.17) is 14.9 Å². The molecular weight excluding hydrogens is 446 g/mol. The summed E-state index contributed by atoms with van der Waals surface area (Å²) in [6.45, 7) is 2.55. The van der Waals surface area contributed by atoms with E-state index in [0.717, 1.165) is 30.5 Å². The molecule has 0 saturated carbocycles. The van der Waals surface area contributed by atoms with E-state index >= 15 is 0 Å². The van der Waals surface area contributed by atoms with Crippen molar-refractivity contribution >= 4 is 18.1 Å². The summed E-state index contributed by atoms with van der Waals surface area (Å²) in [5, 5.41) is 12.4. The number of aliphatic imine (C=N–C) groups is 1. The van der Waals surface area contributed by atoms with Gasteiger partial charge in [0.25, 0.3) is 0 Å². The van der Waals surface area contributed by atoms with Gasteiger partial charge in [-0.25, -0.2) is 0 Å². The summed E-state index contributed by atoms with van der Waals surface area (Å²) >= 11 is 0. The van der Waals surface area contributed by atoms with E-state index < -0.39 is 5.97 Å². The molecule has 9 heteroatoms. The minimum atomic E-state index is -0.911. The number of hydroxylamine groups is 1. The van der Waals surface area contributed by atoms with Crippen molar-refractivity contribution in [3.63, 3.8) is 0 Å². The Labute approximate surface area is 204 Å². The number of fused-ring (bicyclic) bond motifs is 1. The highest BCUT2D eigenvalue weighted by atomic mass is 16.7. The molecule has 0 radical (unpaired) electrons. The van der Waals surface area contributed by atoms with Crippen LogP contribution in [-0.2, 0) is 20.8 Å². The maximum Gasteiger partial charge on any atom is 0.317 e. The van der Waals surface area contributed by atoms with Crippen LogP contribution in [0.1, 0.15) is 40.9 Å². The van der Waals surface area contributed by atoms with Crippen LogP contribution in [0.25, 0.3) is 0 Å². The predicted octanol–water partition coefficient (Wildman–Crippen LogP) is 1.51. The quantitative estimate of drug-likeness (QED) is 0.519. The first-order chi connectivity index (χ1) is 17.0. The van der Waals surface area contributed by atoms with Gasteiger partial charge in [-0.3, -0.25) is 29.6 Å². The highest BCUT2D eigenvalue weighted by Gasteiger charge is 2.32. The van der Waals surface area contributed by atoms with Crippen LogP contribution in [-0.4, -0.2) is 78.4 Å². The minimum Gasteiger partial charge on any atom is -0.480 e. The van der Waals surface area contributed by atoms with Gasteiger partial charge in [0.1, 0.15) is 6.17 Å². The number of piperazine rings is 1. The third kappa shape index (κ3) is 5.76. The fourth-order valence-corrected chi connectivity index (χ4v) is 4.97. The lowest BCUT2D eigenvalue weighted by Gasteiger charge is -2.34. The van der Waals surface area contributed by atoms with Gasteiger partial charge in [-0.15, -0.1) is 0 Å². The fraction of sp³-hybridized carbons (Fsp3) is 0.423. The largest absolute Gasteiger partial charge is 0.480 e. The number of carboxylic acid groups (broad SMARTS) is 1. The molecule has 2 aromatic carbocycles. The number of nitrogens with one attached hydrogen (secondary N) is 2. The monoisotopic (exact) mass is 477 g/mol. The lowest BCUT2D eigenvalue weighted by Crippen LogP contribution is -2.53. The Hall–Kier alpha value is -3.11. The van der Waals surface area contributed by atoms with Gasteiger partial charge in [0.15, 0.2) is 0 Å². The zero-order chi connectivity index (χ0) is 24.2. The molecule has 184 valence electrons. The number of benzene rings is 2. The van der Waals surface area contributed by atoms with Gasteiger partial charge in [-0.2, -0.15) is 5.48 Å². The first-order valence-corrected chi connectivity index (χ1v) is 12.1. The minimum absolute atomic E-state index is 0.0148. The Morgan fingerprint density at radius 2 is 2.00 bits per heavy atom. The van der Waals surface area contributed by atoms with Gasteiger partial charge >= 0.3 is 5.97 Å². The number of carbonyl (C=O) groups is 2. The van der Waals surface area contributed by atoms with Gasteiger partial charge in [-0.05, 0) is 35.1 Å². The summed E-state index contributed by atoms with van der Waals surface area (Å²) in [5.41, 5.74) is 7.87. The molecule has 3 aliphatic heterocycles. The van der Waals surface area contributed by atoms with Crippen molar-refractivity contribution in [2.24, 2.45) is 4.99 Å². The fourth-order valence-electron chi connectivity index (χ4n) is 4.97. The van der Waals surface area contributed by atoms with Gasteiger partial charge < -0.3 is 10.0 Å². The molecule has 35 heavy (non-hydrogen) atoms. The summed E-state index contributed by atoms with van der Waals surface area (Å²) < 4.78 is 0. The Balaban J connectivity index is 1.13. The standard InChI is InChI=1S/C26H31N5O4/c32-24-16-30(17-25(33)34)11-12-31(24)15-21-13-23(29-35-21)20-7-5-18(6-8-20)14-28-26-22-4-2-1-3-19(22)9-10-27-26/h1-8,14,21,23,26-27,29H,9-13,15-17H2,(H,33,34). The van der Waals surface area contributed by atoms with E-state index in [9.17, 15) is 9.59 Å². The van der Waals surface area contributed by atoms with E-state index in [2.05, 4.69) is 59.3 Å². The van der Waals surface area contributed by atoms with Crippen molar-refractivity contribution < 1.29 is 19.5 Å². The molecule has 2 saturated heterocycles. The van der Waals surface area contributed by atoms with Gasteiger partial charge in [-0.1, -0.05) is 48.5 Å². The van der Waals surface area contributed by atoms with Gasteiger partial charge in [0, 0.05) is 32.4 Å². The molecule has 3 aliphatic rings. The lowest BCUT2D eigenvalue weighted by atomic mass is 9.99. The number of aliphatic carboxylic acids is 1. The van der Waals surface area contributed by atoms with Crippen LogP contribution in [0.3, 0.4) is 0 Å². The number of carbonyl (C=O) groups excluding carboxylic acids is 1. The molecule has 5 rings (SSSR count). The molecule has 0 spiro atoms. The Kier molecular flexibility index (Phi) is 7.19. The molecule has 3 heterocycles. The second-order valence-corrected chi connectivity index (χ2v) is 9.34. The third-order valence-corrected chi connectivity index (χ3v) is 6.85. The SMILES string of the molecule is O=C(O)CN1CCN(CC2CC(c3ccc(C=NC4NCCc5ccccc54)cc3)NO2)C(=O)C1. The van der Waals surface area contributed by atoms with Crippen LogP contribution < -0.4 is 10.8 Å². The summed E-state index contributed by atoms with van der Waals surface area (Å²) in [6, 6.07) is 16.8. The molecule has 0 aliphatic carbocycles. The summed E-state index contributed by atoms with van der Waals surface area (Å²) in [7, 11) is 0. The highest BCUT2D eigenvalue weighted by molar-refractivity contribution is 5.80. The van der Waals surface area contributed by atoms with E-state index in [1.54, 1.807) is 9.80 Å². The van der Waals surface area contributed by atoms with Crippen molar-refractivity contribution in [3.8, 4) is 0 Å². The normalized spacial score (nSPS) is 25.2. The predicted molar refractivity (Wildman–Crippen MR) is 131 cm³/mol. The van der Waals surface area contributed by atoms with Crippen LogP contribution in [0, 0.1) is 0 Å². The zero-order valence-corrected chi connectivity index (χ0v) is 19.6. The van der Waals surface area contributed by atoms with Crippen LogP contribution in [0.4, 0.5) is 0 Å². The lowest BCUT2D eigenvalue weighted by molar-refractivity contribution is -0.143. The topological polar surface area (TPSA) is 106 Å². The smallest absolute Gasteiger partial charge is 0.317 e. The first kappa shape index (κ1) is 23.6. The van der Waals surface area contributed by atoms with E-state index in [-0.39, 0.29) is 37.3 Å². The molecule has 9 nitrogen and oxygen atoms in total. The number of rotatable bonds is 7. The van der Waals surface area contributed by atoms with Gasteiger partial charge in [0.2, 0.25) is 5.91 Å². The average molecular weight is 478 g/mol. The van der Waals surface area contributed by atoms with Crippen molar-refractivity contribution in [2.45, 2.75) is 31.2 Å². The molecule has 3 unspecified atom stereocenters. The summed E-state index contributed by atoms with van der Waals surface area (Å²) in [5.74, 6) is -0.964. The molecule has 1 amide bonds. The molecule has 3 N–H and O–H groups in total. The molecule has 3 atom stereocenters. The van der Waals surface area contributed by atoms with Crippen molar-refractivity contribution in [2.75, 3.05) is 39.3 Å². The van der Waals surface area contributed by atoms with E-state index in [1.807, 2.05) is 6.21 Å². The van der Waals surface area contributed by atoms with E-state index in [1.165, 1.54) is 11.1 Å². The number of amides is 1. The van der Waals surface area contributed by atoms with Crippen molar-refractivity contribution in [1.82, 2.24) is 20.6 Å². The first-order valence-electron chi connectivity index (χ1n) is 12.1. The van der Waals surface area contributed by atoms with Crippen LogP contribution >= 0.6 is 0 Å². The van der Waals surface area contributed by atoms with Crippen molar-refractivity contribution in [3.05, 3.63) is 70.8 Å². The van der Waals surface area contributed by atoms with Crippen LogP contribution in [0.2, 0.25) is 0 Å². The molecular formula is C26H31N5O4. The number of hydrogen-bond acceptors (Lipinski definition) is 7. The Morgan fingerprint density at radius 1 is 1.17 bits per heavy atom. The van der Waals surface area contributed by atoms with Gasteiger partial charge in [0.05, 0.1) is 25.2 Å². The average Bonchev–Trinajstić information content (AvgIpc) is 3.33. The molecule has 2 fully saturated rings.